The molecule has 4 radical (unpaired) electrons. The maximum atomic E-state index is 0. The molecule has 0 bridgehead atoms. The minimum absolute atomic E-state index is 0. The van der Waals surface area contributed by atoms with Gasteiger partial charge in [0.1, 0.15) is 0 Å². The molecule has 0 atom stereocenters. The van der Waals surface area contributed by atoms with E-state index in [0.29, 0.717) is 0 Å². The maximum absolute atomic E-state index is 0. The molecular weight excluding hydrogens is 223 g/mol. The SMILES string of the molecule is [Fe+3].[Fe+3].[Fe+3].[Fe+3]. The Morgan fingerprint density at radius 2 is 0.250 bits per heavy atom. The van der Waals surface area contributed by atoms with E-state index >= 15 is 0 Å². The minimum Gasteiger partial charge on any atom is 3.00 e. The van der Waals surface area contributed by atoms with E-state index in [2.05, 4.69) is 0 Å². The first-order chi connectivity index (χ1) is 0. The van der Waals surface area contributed by atoms with Gasteiger partial charge in [0, 0.05) is 0 Å². The quantitative estimate of drug-likeness (QED) is 0.507. The summed E-state index contributed by atoms with van der Waals surface area (Å²) in [7, 11) is 0. The van der Waals surface area contributed by atoms with E-state index in [4.69, 9.17) is 0 Å². The van der Waals surface area contributed by atoms with Crippen LogP contribution in [0.4, 0.5) is 0 Å². The zero-order valence-corrected chi connectivity index (χ0v) is 5.83. The van der Waals surface area contributed by atoms with Gasteiger partial charge >= 0.3 is 68.3 Å². The van der Waals surface area contributed by atoms with Crippen LogP contribution >= 0.6 is 0 Å². The van der Waals surface area contributed by atoms with E-state index in [1.54, 1.807) is 0 Å². The number of hydrogen-bond acceptors (Lipinski definition) is 0. The third kappa shape index (κ3) is 8.95. The van der Waals surface area contributed by atoms with Crippen molar-refractivity contribution in [3.63, 3.8) is 0 Å². The largest absolute Gasteiger partial charge is 3.00 e. The molecule has 0 amide bonds. The second-order valence-corrected chi connectivity index (χ2v) is 0. The normalized spacial score (nSPS) is 0. The van der Waals surface area contributed by atoms with Gasteiger partial charge in [-0.2, -0.15) is 0 Å². The molecular formula is Fe4+12. The van der Waals surface area contributed by atoms with E-state index < -0.39 is 0 Å². The molecule has 0 unspecified atom stereocenters. The van der Waals surface area contributed by atoms with E-state index in [0.717, 1.165) is 0 Å². The minimum atomic E-state index is 0. The molecule has 0 heterocycles. The number of hydrogen-bond donors (Lipinski definition) is 0. The first kappa shape index (κ1) is 36.3. The van der Waals surface area contributed by atoms with Crippen molar-refractivity contribution in [2.45, 2.75) is 0 Å². The summed E-state index contributed by atoms with van der Waals surface area (Å²) in [6.07, 6.45) is 0. The van der Waals surface area contributed by atoms with E-state index in [1.807, 2.05) is 0 Å². The fourth-order valence-corrected chi connectivity index (χ4v) is 0. The van der Waals surface area contributed by atoms with Gasteiger partial charge in [-0.05, 0) is 0 Å². The van der Waals surface area contributed by atoms with Crippen LogP contribution in [-0.2, 0) is 68.3 Å². The fraction of sp³-hybridized carbons (Fsp3) is 0. The Bertz CT molecular complexity index is 0. The maximum Gasteiger partial charge on any atom is 3.00 e. The van der Waals surface area contributed by atoms with Gasteiger partial charge in [0.25, 0.3) is 0 Å². The molecule has 0 nitrogen and oxygen atoms in total. The molecule has 20 valence electrons. The van der Waals surface area contributed by atoms with Crippen LogP contribution in [0.5, 0.6) is 0 Å². The molecule has 0 rings (SSSR count). The van der Waals surface area contributed by atoms with Gasteiger partial charge in [0.2, 0.25) is 0 Å². The molecule has 0 spiro atoms. The van der Waals surface area contributed by atoms with Crippen LogP contribution in [0.25, 0.3) is 0 Å². The van der Waals surface area contributed by atoms with Gasteiger partial charge in [0.15, 0.2) is 0 Å². The van der Waals surface area contributed by atoms with Gasteiger partial charge in [-0.15, -0.1) is 0 Å². The first-order valence-corrected chi connectivity index (χ1v) is 0. The van der Waals surface area contributed by atoms with Crippen molar-refractivity contribution in [1.29, 1.82) is 0 Å². The number of rotatable bonds is 0. The second-order valence-electron chi connectivity index (χ2n) is 0. The van der Waals surface area contributed by atoms with Crippen LogP contribution in [0.2, 0.25) is 0 Å². The van der Waals surface area contributed by atoms with E-state index in [9.17, 15) is 0 Å². The van der Waals surface area contributed by atoms with Gasteiger partial charge in [-0.25, -0.2) is 0 Å². The summed E-state index contributed by atoms with van der Waals surface area (Å²) in [5.74, 6) is 0. The third-order valence-electron chi connectivity index (χ3n) is 0. The molecule has 0 saturated carbocycles. The van der Waals surface area contributed by atoms with Crippen molar-refractivity contribution in [3.8, 4) is 0 Å². The summed E-state index contributed by atoms with van der Waals surface area (Å²) < 4.78 is 0. The standard InChI is InChI=1S/4Fe/q4*+3. The third-order valence-corrected chi connectivity index (χ3v) is 0. The average molecular weight is 223 g/mol. The Balaban J connectivity index is 0. The molecule has 0 aromatic heterocycles. The second kappa shape index (κ2) is 19.6. The molecule has 0 saturated heterocycles. The Hall–Kier alpha value is 2.08. The Kier molecular flexibility index (Phi) is 177. The van der Waals surface area contributed by atoms with Crippen molar-refractivity contribution in [2.75, 3.05) is 0 Å². The topological polar surface area (TPSA) is 0 Å². The molecule has 0 aliphatic heterocycles. The monoisotopic (exact) mass is 224 g/mol. The van der Waals surface area contributed by atoms with Gasteiger partial charge in [-0.3, -0.25) is 0 Å². The fourth-order valence-electron chi connectivity index (χ4n) is 0. The summed E-state index contributed by atoms with van der Waals surface area (Å²) in [6, 6.07) is 0. The van der Waals surface area contributed by atoms with E-state index in [1.165, 1.54) is 0 Å². The Morgan fingerprint density at radius 3 is 0.250 bits per heavy atom. The Labute approximate surface area is 67.8 Å². The predicted octanol–water partition coefficient (Wildman–Crippen LogP) is -0.0100. The summed E-state index contributed by atoms with van der Waals surface area (Å²) >= 11 is 0. The van der Waals surface area contributed by atoms with E-state index in [-0.39, 0.29) is 68.3 Å². The molecule has 0 aliphatic rings. The first-order valence-electron chi connectivity index (χ1n) is 0. The van der Waals surface area contributed by atoms with Crippen molar-refractivity contribution in [1.82, 2.24) is 0 Å². The summed E-state index contributed by atoms with van der Waals surface area (Å²) in [6.45, 7) is 0. The zero-order valence-electron chi connectivity index (χ0n) is 1.41. The van der Waals surface area contributed by atoms with Gasteiger partial charge in [0.05, 0.1) is 0 Å². The summed E-state index contributed by atoms with van der Waals surface area (Å²) in [5.41, 5.74) is 0. The summed E-state index contributed by atoms with van der Waals surface area (Å²) in [4.78, 5) is 0. The zero-order chi connectivity index (χ0) is 0. The van der Waals surface area contributed by atoms with Crippen molar-refractivity contribution in [3.05, 3.63) is 0 Å². The predicted molar refractivity (Wildman–Crippen MR) is 0 cm³/mol. The molecule has 4 heteroatoms. The summed E-state index contributed by atoms with van der Waals surface area (Å²) in [5, 5.41) is 0. The molecule has 0 aromatic carbocycles. The molecule has 0 aromatic rings. The van der Waals surface area contributed by atoms with Crippen LogP contribution in [0.1, 0.15) is 0 Å². The smallest absolute Gasteiger partial charge is 3.00 e. The molecule has 4 heavy (non-hydrogen) atoms. The molecule has 0 aliphatic carbocycles. The van der Waals surface area contributed by atoms with Crippen LogP contribution in [-0.4, -0.2) is 0 Å². The van der Waals surface area contributed by atoms with Crippen molar-refractivity contribution >= 4 is 0 Å². The van der Waals surface area contributed by atoms with Crippen LogP contribution in [0.15, 0.2) is 0 Å². The Morgan fingerprint density at radius 1 is 0.250 bits per heavy atom. The molecule has 0 fully saturated rings. The van der Waals surface area contributed by atoms with Crippen LogP contribution in [0, 0.1) is 0 Å². The van der Waals surface area contributed by atoms with Crippen LogP contribution < -0.4 is 0 Å². The molecule has 0 N–H and O–H groups in total. The van der Waals surface area contributed by atoms with Crippen molar-refractivity contribution in [2.24, 2.45) is 0 Å². The van der Waals surface area contributed by atoms with Gasteiger partial charge < -0.3 is 0 Å². The average Bonchev–Trinajstić information content (AvgIpc) is 0. The van der Waals surface area contributed by atoms with Crippen molar-refractivity contribution < 1.29 is 68.3 Å². The van der Waals surface area contributed by atoms with Gasteiger partial charge in [-0.1, -0.05) is 0 Å². The van der Waals surface area contributed by atoms with Crippen LogP contribution in [0.3, 0.4) is 0 Å².